The highest BCUT2D eigenvalue weighted by atomic mass is 19.2. The summed E-state index contributed by atoms with van der Waals surface area (Å²) in [6.07, 6.45) is 0. The maximum atomic E-state index is 13.8. The monoisotopic (exact) mass is 270 g/mol. The van der Waals surface area contributed by atoms with Crippen LogP contribution in [0.1, 0.15) is 26.5 Å². The van der Waals surface area contributed by atoms with Crippen LogP contribution in [0.15, 0.2) is 12.1 Å². The average Bonchev–Trinajstić information content (AvgIpc) is 2.65. The van der Waals surface area contributed by atoms with E-state index in [1.807, 2.05) is 20.8 Å². The van der Waals surface area contributed by atoms with Gasteiger partial charge in [0.1, 0.15) is 5.69 Å². The fourth-order valence-electron chi connectivity index (χ4n) is 1.84. The minimum Gasteiger partial charge on any atom is -0.381 e. The van der Waals surface area contributed by atoms with Gasteiger partial charge in [-0.2, -0.15) is 0 Å². The first kappa shape index (κ1) is 13.4. The lowest BCUT2D eigenvalue weighted by atomic mass is 9.91. The van der Waals surface area contributed by atoms with Crippen LogP contribution in [0, 0.1) is 17.5 Å². The van der Waals surface area contributed by atoms with Crippen LogP contribution in [0.5, 0.6) is 0 Å². The normalized spacial score (nSPS) is 11.9. The van der Waals surface area contributed by atoms with Gasteiger partial charge in [0, 0.05) is 17.5 Å². The Balaban J connectivity index is 2.70. The molecule has 2 rings (SSSR count). The number of rotatable bonds is 1. The van der Waals surface area contributed by atoms with Crippen molar-refractivity contribution in [3.63, 3.8) is 0 Å². The van der Waals surface area contributed by atoms with Gasteiger partial charge in [-0.15, -0.1) is 5.10 Å². The molecule has 7 heteroatoms. The lowest BCUT2D eigenvalue weighted by Crippen LogP contribution is -2.20. The third-order valence-corrected chi connectivity index (χ3v) is 2.62. The van der Waals surface area contributed by atoms with E-state index in [4.69, 9.17) is 5.73 Å². The Bertz CT molecular complexity index is 629. The van der Waals surface area contributed by atoms with Gasteiger partial charge in [-0.3, -0.25) is 0 Å². The number of nitrogens with zero attached hydrogens (tertiary/aromatic N) is 3. The number of aromatic nitrogens is 3. The Morgan fingerprint density at radius 3 is 2.21 bits per heavy atom. The second-order valence-corrected chi connectivity index (χ2v) is 5.20. The summed E-state index contributed by atoms with van der Waals surface area (Å²) in [6.45, 7) is 5.49. The summed E-state index contributed by atoms with van der Waals surface area (Å²) in [5, 5.41) is 7.36. The predicted octanol–water partition coefficient (Wildman–Crippen LogP) is 2.56. The average molecular weight is 270 g/mol. The third kappa shape index (κ3) is 2.27. The summed E-state index contributed by atoms with van der Waals surface area (Å²) in [6, 6.07) is 1.20. The summed E-state index contributed by atoms with van der Waals surface area (Å²) in [5.74, 6) is -3.23. The van der Waals surface area contributed by atoms with E-state index >= 15 is 0 Å². The highest BCUT2D eigenvalue weighted by Crippen LogP contribution is 2.29. The van der Waals surface area contributed by atoms with Gasteiger partial charge in [0.25, 0.3) is 0 Å². The van der Waals surface area contributed by atoms with Crippen LogP contribution in [0.4, 0.5) is 19.0 Å². The molecule has 0 fully saturated rings. The molecular weight excluding hydrogens is 257 g/mol. The molecule has 0 bridgehead atoms. The van der Waals surface area contributed by atoms with Gasteiger partial charge in [-0.25, -0.2) is 17.9 Å². The zero-order valence-corrected chi connectivity index (χ0v) is 10.7. The molecule has 1 aromatic carbocycles. The van der Waals surface area contributed by atoms with Crippen LogP contribution >= 0.6 is 0 Å². The van der Waals surface area contributed by atoms with Crippen molar-refractivity contribution in [3.05, 3.63) is 35.3 Å². The Morgan fingerprint density at radius 2 is 1.63 bits per heavy atom. The molecule has 1 aromatic heterocycles. The van der Waals surface area contributed by atoms with Gasteiger partial charge in [0.15, 0.2) is 23.3 Å². The molecule has 102 valence electrons. The molecule has 0 unspecified atom stereocenters. The van der Waals surface area contributed by atoms with Crippen molar-refractivity contribution in [1.29, 1.82) is 0 Å². The van der Waals surface area contributed by atoms with Gasteiger partial charge >= 0.3 is 0 Å². The van der Waals surface area contributed by atoms with Crippen LogP contribution < -0.4 is 5.73 Å². The second-order valence-electron chi connectivity index (χ2n) is 5.20. The molecule has 0 aliphatic carbocycles. The fourth-order valence-corrected chi connectivity index (χ4v) is 1.84. The highest BCUT2D eigenvalue weighted by molar-refractivity contribution is 5.45. The van der Waals surface area contributed by atoms with Gasteiger partial charge in [0.05, 0.1) is 5.69 Å². The van der Waals surface area contributed by atoms with Gasteiger partial charge in [-0.05, 0) is 0 Å². The Labute approximate surface area is 108 Å². The summed E-state index contributed by atoms with van der Waals surface area (Å²) < 4.78 is 41.0. The number of anilines is 1. The molecule has 0 saturated heterocycles. The smallest absolute Gasteiger partial charge is 0.170 e. The number of nitrogen functional groups attached to an aromatic ring is 1. The van der Waals surface area contributed by atoms with Crippen LogP contribution in [-0.4, -0.2) is 15.0 Å². The molecule has 0 spiro atoms. The molecule has 0 aliphatic heterocycles. The number of hydrogen-bond acceptors (Lipinski definition) is 3. The minimum atomic E-state index is -1.26. The van der Waals surface area contributed by atoms with Crippen molar-refractivity contribution in [2.75, 3.05) is 5.73 Å². The molecule has 0 radical (unpaired) electrons. The number of hydrogen-bond donors (Lipinski definition) is 1. The molecule has 0 saturated carbocycles. The SMILES string of the molecule is CC(C)(C)c1c(N)nnn1-c1cc(F)c(F)cc1F. The van der Waals surface area contributed by atoms with Crippen LogP contribution in [0.3, 0.4) is 0 Å². The van der Waals surface area contributed by atoms with E-state index in [1.54, 1.807) is 0 Å². The topological polar surface area (TPSA) is 56.7 Å². The maximum absolute atomic E-state index is 13.8. The first-order chi connectivity index (χ1) is 8.71. The number of halogens is 3. The highest BCUT2D eigenvalue weighted by Gasteiger charge is 2.26. The van der Waals surface area contributed by atoms with E-state index in [9.17, 15) is 13.2 Å². The fraction of sp³-hybridized carbons (Fsp3) is 0.333. The Hall–Kier alpha value is -2.05. The summed E-state index contributed by atoms with van der Waals surface area (Å²) in [4.78, 5) is 0. The molecule has 2 aromatic rings. The largest absolute Gasteiger partial charge is 0.381 e. The van der Waals surface area contributed by atoms with E-state index in [2.05, 4.69) is 10.3 Å². The van der Waals surface area contributed by atoms with Crippen LogP contribution in [0.25, 0.3) is 5.69 Å². The van der Waals surface area contributed by atoms with E-state index in [-0.39, 0.29) is 11.5 Å². The molecule has 19 heavy (non-hydrogen) atoms. The van der Waals surface area contributed by atoms with Crippen molar-refractivity contribution in [2.45, 2.75) is 26.2 Å². The van der Waals surface area contributed by atoms with Crippen molar-refractivity contribution < 1.29 is 13.2 Å². The quantitative estimate of drug-likeness (QED) is 0.810. The van der Waals surface area contributed by atoms with Crippen molar-refractivity contribution in [1.82, 2.24) is 15.0 Å². The molecule has 1 heterocycles. The van der Waals surface area contributed by atoms with Crippen molar-refractivity contribution >= 4 is 5.82 Å². The second kappa shape index (κ2) is 4.25. The molecule has 4 nitrogen and oxygen atoms in total. The van der Waals surface area contributed by atoms with Crippen LogP contribution in [-0.2, 0) is 5.41 Å². The lowest BCUT2D eigenvalue weighted by Gasteiger charge is -2.20. The molecule has 0 amide bonds. The van der Waals surface area contributed by atoms with Gasteiger partial charge in [-0.1, -0.05) is 26.0 Å². The number of nitrogens with two attached hydrogens (primary N) is 1. The van der Waals surface area contributed by atoms with Gasteiger partial charge < -0.3 is 5.73 Å². The minimum absolute atomic E-state index is 0.122. The zero-order chi connectivity index (χ0) is 14.4. The van der Waals surface area contributed by atoms with E-state index in [0.717, 1.165) is 10.7 Å². The van der Waals surface area contributed by atoms with Crippen molar-refractivity contribution in [2.24, 2.45) is 0 Å². The summed E-state index contributed by atoms with van der Waals surface area (Å²) >= 11 is 0. The number of benzene rings is 1. The zero-order valence-electron chi connectivity index (χ0n) is 10.7. The maximum Gasteiger partial charge on any atom is 0.170 e. The van der Waals surface area contributed by atoms with E-state index < -0.39 is 22.9 Å². The van der Waals surface area contributed by atoms with Gasteiger partial charge in [0.2, 0.25) is 0 Å². The summed E-state index contributed by atoms with van der Waals surface area (Å²) in [7, 11) is 0. The molecular formula is C12H13F3N4. The lowest BCUT2D eigenvalue weighted by molar-refractivity contribution is 0.485. The summed E-state index contributed by atoms with van der Waals surface area (Å²) in [5.41, 5.74) is 5.42. The Morgan fingerprint density at radius 1 is 1.05 bits per heavy atom. The van der Waals surface area contributed by atoms with E-state index in [1.165, 1.54) is 0 Å². The predicted molar refractivity (Wildman–Crippen MR) is 64.3 cm³/mol. The molecule has 0 aliphatic rings. The molecule has 2 N–H and O–H groups in total. The Kier molecular flexibility index (Phi) is 3.00. The van der Waals surface area contributed by atoms with E-state index in [0.29, 0.717) is 11.8 Å². The van der Waals surface area contributed by atoms with Crippen molar-refractivity contribution in [3.8, 4) is 5.69 Å². The first-order valence-corrected chi connectivity index (χ1v) is 5.58. The molecule has 0 atom stereocenters. The van der Waals surface area contributed by atoms with Crippen LogP contribution in [0.2, 0.25) is 0 Å². The standard InChI is InChI=1S/C12H13F3N4/c1-12(2,3)10-11(16)17-18-19(10)9-5-7(14)6(13)4-8(9)15/h4-5H,16H2,1-3H3. The third-order valence-electron chi connectivity index (χ3n) is 2.62. The first-order valence-electron chi connectivity index (χ1n) is 5.58.